The summed E-state index contributed by atoms with van der Waals surface area (Å²) in [7, 11) is 0. The molecule has 2 atom stereocenters. The first-order chi connectivity index (χ1) is 27.6. The summed E-state index contributed by atoms with van der Waals surface area (Å²) < 4.78 is 6.22. The molecule has 11 rings (SSSR count). The van der Waals surface area contributed by atoms with Crippen molar-refractivity contribution < 1.29 is 4.42 Å². The van der Waals surface area contributed by atoms with E-state index in [1.165, 1.54) is 54.4 Å². The van der Waals surface area contributed by atoms with Crippen LogP contribution in [0, 0.1) is 5.92 Å². The minimum absolute atomic E-state index is 0.0441. The Morgan fingerprint density at radius 1 is 0.500 bits per heavy atom. The van der Waals surface area contributed by atoms with Crippen LogP contribution in [0.15, 0.2) is 168 Å². The Kier molecular flexibility index (Phi) is 7.57. The number of furan rings is 1. The van der Waals surface area contributed by atoms with E-state index in [1.807, 2.05) is 54.6 Å². The highest BCUT2D eigenvalue weighted by Crippen LogP contribution is 2.62. The van der Waals surface area contributed by atoms with Crippen LogP contribution >= 0.6 is 0 Å². The van der Waals surface area contributed by atoms with E-state index in [1.54, 1.807) is 5.56 Å². The van der Waals surface area contributed by atoms with Crippen LogP contribution in [0.3, 0.4) is 0 Å². The second-order valence-corrected chi connectivity index (χ2v) is 16.1. The summed E-state index contributed by atoms with van der Waals surface area (Å²) in [4.78, 5) is 15.0. The van der Waals surface area contributed by atoms with Gasteiger partial charge in [0, 0.05) is 44.2 Å². The monoisotopic (exact) mass is 723 g/mol. The maximum absolute atomic E-state index is 6.22. The van der Waals surface area contributed by atoms with Gasteiger partial charge in [-0.3, -0.25) is 0 Å². The Hall–Kier alpha value is -6.39. The molecule has 4 nitrogen and oxygen atoms in total. The third kappa shape index (κ3) is 5.23. The molecule has 3 aliphatic carbocycles. The van der Waals surface area contributed by atoms with E-state index >= 15 is 0 Å². The van der Waals surface area contributed by atoms with Crippen LogP contribution in [0.25, 0.3) is 72.8 Å². The lowest BCUT2D eigenvalue weighted by Crippen LogP contribution is -2.40. The highest BCUT2D eigenvalue weighted by molar-refractivity contribution is 6.05. The molecule has 3 aliphatic rings. The van der Waals surface area contributed by atoms with E-state index in [9.17, 15) is 0 Å². The first-order valence-electron chi connectivity index (χ1n) is 20.0. The van der Waals surface area contributed by atoms with Gasteiger partial charge in [-0.1, -0.05) is 172 Å². The molecule has 0 saturated heterocycles. The van der Waals surface area contributed by atoms with E-state index in [-0.39, 0.29) is 10.8 Å². The fraction of sp³-hybridized carbons (Fsp3) is 0.173. The van der Waals surface area contributed by atoms with Crippen molar-refractivity contribution in [3.63, 3.8) is 0 Å². The van der Waals surface area contributed by atoms with Crippen molar-refractivity contribution in [2.75, 3.05) is 0 Å². The summed E-state index contributed by atoms with van der Waals surface area (Å²) in [5, 5.41) is 2.18. The van der Waals surface area contributed by atoms with Crippen LogP contribution in [0.4, 0.5) is 0 Å². The Morgan fingerprint density at radius 2 is 1.05 bits per heavy atom. The number of fused-ring (bicyclic) bond motifs is 8. The summed E-state index contributed by atoms with van der Waals surface area (Å²) in [6.07, 6.45) is 14.1. The second kappa shape index (κ2) is 12.8. The summed E-state index contributed by atoms with van der Waals surface area (Å²) in [5.41, 5.74) is 12.8. The molecule has 1 fully saturated rings. The molecule has 8 aromatic rings. The third-order valence-electron chi connectivity index (χ3n) is 13.0. The molecule has 1 saturated carbocycles. The SMILES string of the molecule is CC12C=CC(c3ccc(-c4ccc(-c5nc(-c6ccccc6)nc(-c6ccc7c(c6)oc6ccccc67)n5)cc4)cc3)=CC1C1(CCCCC1)c1ccccc12. The highest BCUT2D eigenvalue weighted by atomic mass is 16.3. The maximum Gasteiger partial charge on any atom is 0.164 e. The summed E-state index contributed by atoms with van der Waals surface area (Å²) in [5.74, 6) is 2.36. The molecule has 2 heterocycles. The molecule has 0 bridgehead atoms. The van der Waals surface area contributed by atoms with Gasteiger partial charge in [0.15, 0.2) is 17.5 Å². The lowest BCUT2D eigenvalue weighted by Gasteiger charge is -2.44. The van der Waals surface area contributed by atoms with Crippen molar-refractivity contribution in [2.24, 2.45) is 5.92 Å². The van der Waals surface area contributed by atoms with Crippen LogP contribution in [-0.2, 0) is 10.8 Å². The van der Waals surface area contributed by atoms with Crippen molar-refractivity contribution >= 4 is 27.5 Å². The number of hydrogen-bond donors (Lipinski definition) is 0. The van der Waals surface area contributed by atoms with Gasteiger partial charge >= 0.3 is 0 Å². The molecule has 2 aromatic heterocycles. The van der Waals surface area contributed by atoms with E-state index in [2.05, 4.69) is 116 Å². The Bertz CT molecular complexity index is 2840. The molecule has 0 N–H and O–H groups in total. The zero-order valence-corrected chi connectivity index (χ0v) is 31.5. The standard InChI is InChI=1S/C52H41N3O/c1-51-31-28-39(33-47(51)52(29-10-3-11-30-52)44-16-8-7-15-43(44)51)36-20-18-34(19-21-36)35-22-24-38(25-23-35)49-53-48(37-12-4-2-5-13-37)54-50(55-49)40-26-27-42-41-14-6-9-17-45(41)56-46(42)32-40/h2,4-9,12-28,31-33,47H,3,10-11,29-30H2,1H3. The van der Waals surface area contributed by atoms with E-state index in [0.717, 1.165) is 44.2 Å². The van der Waals surface area contributed by atoms with Crippen molar-refractivity contribution in [1.29, 1.82) is 0 Å². The predicted molar refractivity (Wildman–Crippen MR) is 228 cm³/mol. The van der Waals surface area contributed by atoms with Crippen molar-refractivity contribution in [3.8, 4) is 45.3 Å². The summed E-state index contributed by atoms with van der Waals surface area (Å²) in [6.45, 7) is 2.47. The normalized spacial score (nSPS) is 19.6. The minimum atomic E-state index is 0.0441. The van der Waals surface area contributed by atoms with E-state index < -0.39 is 0 Å². The topological polar surface area (TPSA) is 51.8 Å². The first-order valence-corrected chi connectivity index (χ1v) is 20.0. The molecular weight excluding hydrogens is 683 g/mol. The highest BCUT2D eigenvalue weighted by Gasteiger charge is 2.56. The van der Waals surface area contributed by atoms with Gasteiger partial charge in [-0.15, -0.1) is 0 Å². The molecule has 4 heteroatoms. The van der Waals surface area contributed by atoms with Gasteiger partial charge in [-0.25, -0.2) is 15.0 Å². The smallest absolute Gasteiger partial charge is 0.164 e. The molecule has 270 valence electrons. The lowest BCUT2D eigenvalue weighted by atomic mass is 9.59. The largest absolute Gasteiger partial charge is 0.456 e. The average molecular weight is 724 g/mol. The lowest BCUT2D eigenvalue weighted by molar-refractivity contribution is 0.205. The number of para-hydroxylation sites is 1. The van der Waals surface area contributed by atoms with Crippen LogP contribution in [0.2, 0.25) is 0 Å². The first kappa shape index (κ1) is 33.0. The van der Waals surface area contributed by atoms with Gasteiger partial charge in [0.1, 0.15) is 11.2 Å². The number of nitrogens with zero attached hydrogens (tertiary/aromatic N) is 3. The molecular formula is C52H41N3O. The van der Waals surface area contributed by atoms with Gasteiger partial charge in [0.25, 0.3) is 0 Å². The zero-order valence-electron chi connectivity index (χ0n) is 31.5. The average Bonchev–Trinajstić information content (AvgIpc) is 3.74. The molecule has 0 aliphatic heterocycles. The fourth-order valence-electron chi connectivity index (χ4n) is 10.2. The molecule has 0 amide bonds. The van der Waals surface area contributed by atoms with Gasteiger partial charge in [0.05, 0.1) is 0 Å². The Labute approximate surface area is 327 Å². The molecule has 0 radical (unpaired) electrons. The number of benzene rings is 6. The van der Waals surface area contributed by atoms with Crippen LogP contribution in [-0.4, -0.2) is 15.0 Å². The number of rotatable bonds is 5. The van der Waals surface area contributed by atoms with E-state index in [4.69, 9.17) is 19.4 Å². The molecule has 2 unspecified atom stereocenters. The van der Waals surface area contributed by atoms with Crippen LogP contribution < -0.4 is 0 Å². The van der Waals surface area contributed by atoms with Gasteiger partial charge in [0.2, 0.25) is 0 Å². The summed E-state index contributed by atoms with van der Waals surface area (Å²) >= 11 is 0. The zero-order chi connectivity index (χ0) is 37.3. The molecule has 6 aromatic carbocycles. The van der Waals surface area contributed by atoms with Crippen LogP contribution in [0.1, 0.15) is 55.7 Å². The Morgan fingerprint density at radius 3 is 1.79 bits per heavy atom. The van der Waals surface area contributed by atoms with Crippen LogP contribution in [0.5, 0.6) is 0 Å². The van der Waals surface area contributed by atoms with Crippen molar-refractivity contribution in [3.05, 3.63) is 181 Å². The Balaban J connectivity index is 0.902. The van der Waals surface area contributed by atoms with Gasteiger partial charge < -0.3 is 4.42 Å². The second-order valence-electron chi connectivity index (χ2n) is 16.1. The quantitative estimate of drug-likeness (QED) is 0.177. The number of hydrogen-bond acceptors (Lipinski definition) is 4. The van der Waals surface area contributed by atoms with Gasteiger partial charge in [-0.05, 0) is 64.4 Å². The predicted octanol–water partition coefficient (Wildman–Crippen LogP) is 13.2. The number of allylic oxidation sites excluding steroid dienone is 4. The maximum atomic E-state index is 6.22. The third-order valence-corrected chi connectivity index (χ3v) is 13.0. The summed E-state index contributed by atoms with van der Waals surface area (Å²) in [6, 6.07) is 51.4. The number of aromatic nitrogens is 3. The fourth-order valence-corrected chi connectivity index (χ4v) is 10.2. The van der Waals surface area contributed by atoms with Crippen molar-refractivity contribution in [1.82, 2.24) is 15.0 Å². The van der Waals surface area contributed by atoms with Crippen molar-refractivity contribution in [2.45, 2.75) is 49.9 Å². The molecule has 1 spiro atoms. The van der Waals surface area contributed by atoms with Gasteiger partial charge in [-0.2, -0.15) is 0 Å². The molecule has 56 heavy (non-hydrogen) atoms. The van der Waals surface area contributed by atoms with E-state index in [0.29, 0.717) is 23.4 Å². The minimum Gasteiger partial charge on any atom is -0.456 e.